The van der Waals surface area contributed by atoms with Gasteiger partial charge in [-0.2, -0.15) is 0 Å². The van der Waals surface area contributed by atoms with E-state index in [0.29, 0.717) is 17.6 Å². The highest BCUT2D eigenvalue weighted by Crippen LogP contribution is 2.27. The Labute approximate surface area is 87.3 Å². The van der Waals surface area contributed by atoms with E-state index < -0.39 is 0 Å². The van der Waals surface area contributed by atoms with Crippen molar-refractivity contribution in [3.8, 4) is 12.1 Å². The van der Waals surface area contributed by atoms with Crippen molar-refractivity contribution in [3.05, 3.63) is 57.5 Å². The zero-order valence-corrected chi connectivity index (χ0v) is 7.65. The summed E-state index contributed by atoms with van der Waals surface area (Å²) >= 11 is 0. The number of rotatable bonds is 0. The van der Waals surface area contributed by atoms with E-state index in [0.717, 1.165) is 0 Å². The molecule has 4 nitrogen and oxygen atoms in total. The van der Waals surface area contributed by atoms with Gasteiger partial charge in [-0.05, 0) is 17.6 Å². The Morgan fingerprint density at radius 3 is 1.73 bits per heavy atom. The molecule has 0 atom stereocenters. The Bertz CT molecular complexity index is 465. The lowest BCUT2D eigenvalue weighted by molar-refractivity contribution is 1.23. The number of hydrogen-bond acceptors (Lipinski definition) is 2. The molecule has 0 aromatic carbocycles. The average Bonchev–Trinajstić information content (AvgIpc) is 2.71. The molecule has 0 aliphatic heterocycles. The van der Waals surface area contributed by atoms with Crippen LogP contribution in [0.25, 0.3) is 9.69 Å². The van der Waals surface area contributed by atoms with Gasteiger partial charge in [-0.25, -0.2) is 20.2 Å². The lowest BCUT2D eigenvalue weighted by Gasteiger charge is -1.94. The number of nitrogens with zero attached hydrogens (tertiary/aromatic N) is 4. The van der Waals surface area contributed by atoms with Crippen LogP contribution in [0.3, 0.4) is 0 Å². The fourth-order valence-electron chi connectivity index (χ4n) is 1.19. The maximum atomic E-state index is 8.63. The summed E-state index contributed by atoms with van der Waals surface area (Å²) < 4.78 is 0. The van der Waals surface area contributed by atoms with Gasteiger partial charge in [-0.3, -0.25) is 0 Å². The van der Waals surface area contributed by atoms with Crippen LogP contribution in [0.5, 0.6) is 0 Å². The summed E-state index contributed by atoms with van der Waals surface area (Å²) in [4.78, 5) is 6.14. The van der Waals surface area contributed by atoms with E-state index in [1.54, 1.807) is 24.3 Å². The number of nitriles is 2. The fourth-order valence-corrected chi connectivity index (χ4v) is 1.19. The van der Waals surface area contributed by atoms with Gasteiger partial charge in [0.25, 0.3) is 11.4 Å². The molecule has 15 heavy (non-hydrogen) atoms. The molecule has 0 aromatic rings. The average molecular weight is 192 g/mol. The van der Waals surface area contributed by atoms with Crippen LogP contribution in [-0.4, -0.2) is 0 Å². The van der Waals surface area contributed by atoms with Crippen molar-refractivity contribution in [1.82, 2.24) is 0 Å². The normalized spacial score (nSPS) is 19.5. The highest BCUT2D eigenvalue weighted by Gasteiger charge is 2.14. The largest absolute Gasteiger partial charge is 0.265 e. The molecule has 1 rings (SSSR count). The Balaban J connectivity index is 3.17. The molecule has 0 radical (unpaired) electrons. The third-order valence-corrected chi connectivity index (χ3v) is 1.91. The lowest BCUT2D eigenvalue weighted by atomic mass is 10.1. The molecule has 0 heterocycles. The Morgan fingerprint density at radius 1 is 1.07 bits per heavy atom. The number of allylic oxidation sites excluding steroid dienone is 6. The van der Waals surface area contributed by atoms with Crippen LogP contribution in [0.1, 0.15) is 6.42 Å². The van der Waals surface area contributed by atoms with E-state index in [2.05, 4.69) is 9.69 Å². The second kappa shape index (κ2) is 4.43. The van der Waals surface area contributed by atoms with E-state index in [9.17, 15) is 0 Å². The van der Waals surface area contributed by atoms with Crippen molar-refractivity contribution in [1.29, 1.82) is 10.5 Å². The minimum absolute atomic E-state index is 0.0171. The zero-order chi connectivity index (χ0) is 11.3. The third-order valence-electron chi connectivity index (χ3n) is 1.91. The SMILES string of the molecule is [C-]#[N+]/C(C#N)=C1C=C/C(=C(\C#N)[N+]#[C-])C/1. The topological polar surface area (TPSA) is 56.3 Å². The molecule has 0 N–H and O–H groups in total. The van der Waals surface area contributed by atoms with E-state index in [-0.39, 0.29) is 11.4 Å². The van der Waals surface area contributed by atoms with Gasteiger partial charge in [-0.15, -0.1) is 0 Å². The minimum atomic E-state index is 0.0171. The first-order valence-corrected chi connectivity index (χ1v) is 3.96. The second-order valence-corrected chi connectivity index (χ2v) is 2.71. The van der Waals surface area contributed by atoms with Gasteiger partial charge in [0.15, 0.2) is 0 Å². The van der Waals surface area contributed by atoms with Gasteiger partial charge in [0.1, 0.15) is 0 Å². The van der Waals surface area contributed by atoms with Gasteiger partial charge >= 0.3 is 0 Å². The minimum Gasteiger partial charge on any atom is -0.226 e. The summed E-state index contributed by atoms with van der Waals surface area (Å²) in [6, 6.07) is 3.56. The molecule has 0 saturated carbocycles. The molecule has 1 aliphatic carbocycles. The maximum absolute atomic E-state index is 8.63. The molecular formula is C11H4N4. The maximum Gasteiger partial charge on any atom is 0.265 e. The second-order valence-electron chi connectivity index (χ2n) is 2.71. The van der Waals surface area contributed by atoms with Gasteiger partial charge in [0.2, 0.25) is 0 Å². The lowest BCUT2D eigenvalue weighted by Crippen LogP contribution is -1.82. The van der Waals surface area contributed by atoms with Gasteiger partial charge < -0.3 is 0 Å². The van der Waals surface area contributed by atoms with Crippen LogP contribution in [0, 0.1) is 35.8 Å². The molecule has 0 bridgehead atoms. The zero-order valence-electron chi connectivity index (χ0n) is 7.65. The summed E-state index contributed by atoms with van der Waals surface area (Å²) in [6.07, 6.45) is 3.53. The highest BCUT2D eigenvalue weighted by molar-refractivity contribution is 5.53. The molecule has 0 amide bonds. The monoisotopic (exact) mass is 192 g/mol. The van der Waals surface area contributed by atoms with Crippen LogP contribution in [0.15, 0.2) is 34.7 Å². The third kappa shape index (κ3) is 1.92. The van der Waals surface area contributed by atoms with Crippen LogP contribution in [0.2, 0.25) is 0 Å². The smallest absolute Gasteiger partial charge is 0.226 e. The summed E-state index contributed by atoms with van der Waals surface area (Å²) in [5, 5.41) is 17.3. The molecule has 0 unspecified atom stereocenters. The highest BCUT2D eigenvalue weighted by atomic mass is 14.7. The van der Waals surface area contributed by atoms with Crippen molar-refractivity contribution >= 4 is 0 Å². The van der Waals surface area contributed by atoms with Crippen molar-refractivity contribution in [2.45, 2.75) is 6.42 Å². The van der Waals surface area contributed by atoms with Crippen LogP contribution >= 0.6 is 0 Å². The molecular weight excluding hydrogens is 188 g/mol. The Hall–Kier alpha value is -2.82. The first-order valence-electron chi connectivity index (χ1n) is 3.96. The predicted molar refractivity (Wildman–Crippen MR) is 52.2 cm³/mol. The van der Waals surface area contributed by atoms with Crippen LogP contribution in [0.4, 0.5) is 0 Å². The molecule has 4 heteroatoms. The number of hydrogen-bond donors (Lipinski definition) is 0. The Kier molecular flexibility index (Phi) is 3.03. The van der Waals surface area contributed by atoms with E-state index >= 15 is 0 Å². The molecule has 0 spiro atoms. The first-order chi connectivity index (χ1) is 7.26. The van der Waals surface area contributed by atoms with E-state index in [1.807, 2.05) is 0 Å². The molecule has 68 valence electrons. The molecule has 0 aromatic heterocycles. The van der Waals surface area contributed by atoms with Gasteiger partial charge in [0, 0.05) is 0 Å². The standard InChI is InChI=1S/C11H4N4/c1-14-10(6-12)8-3-4-9(5-8)11(7-13)15-2/h3-4H,5H2/b10-8-,11-9-. The summed E-state index contributed by atoms with van der Waals surface area (Å²) in [6.45, 7) is 13.5. The summed E-state index contributed by atoms with van der Waals surface area (Å²) in [5.74, 6) is 0. The predicted octanol–water partition coefficient (Wildman–Crippen LogP) is 2.34. The van der Waals surface area contributed by atoms with Crippen molar-refractivity contribution in [3.63, 3.8) is 0 Å². The van der Waals surface area contributed by atoms with Crippen LogP contribution < -0.4 is 0 Å². The first kappa shape index (κ1) is 10.3. The quantitative estimate of drug-likeness (QED) is 0.437. The summed E-state index contributed by atoms with van der Waals surface area (Å²) in [7, 11) is 0. The molecule has 0 saturated heterocycles. The van der Waals surface area contributed by atoms with Crippen molar-refractivity contribution < 1.29 is 0 Å². The van der Waals surface area contributed by atoms with E-state index in [4.69, 9.17) is 23.7 Å². The van der Waals surface area contributed by atoms with Crippen molar-refractivity contribution in [2.24, 2.45) is 0 Å². The van der Waals surface area contributed by atoms with Crippen LogP contribution in [-0.2, 0) is 0 Å². The Morgan fingerprint density at radius 2 is 1.47 bits per heavy atom. The molecule has 1 aliphatic rings. The van der Waals surface area contributed by atoms with Gasteiger partial charge in [0.05, 0.1) is 25.3 Å². The van der Waals surface area contributed by atoms with Gasteiger partial charge in [-0.1, -0.05) is 12.2 Å². The van der Waals surface area contributed by atoms with E-state index in [1.165, 1.54) is 0 Å². The molecule has 0 fully saturated rings. The fraction of sp³-hybridized carbons (Fsp3) is 0.0909. The summed E-state index contributed by atoms with van der Waals surface area (Å²) in [5.41, 5.74) is 1.17. The van der Waals surface area contributed by atoms with Crippen molar-refractivity contribution in [2.75, 3.05) is 0 Å².